The minimum Gasteiger partial charge on any atom is -0.390 e. The van der Waals surface area contributed by atoms with Gasteiger partial charge in [0.15, 0.2) is 0 Å². The molecule has 3 nitrogen and oxygen atoms in total. The molecule has 2 rings (SSSR count). The Labute approximate surface area is 113 Å². The summed E-state index contributed by atoms with van der Waals surface area (Å²) in [5.41, 5.74) is 0. The fourth-order valence-corrected chi connectivity index (χ4v) is 3.05. The maximum atomic E-state index is 10.2. The molecular formula is C14H23NO2S. The molecule has 18 heavy (non-hydrogen) atoms. The Hall–Kier alpha value is -0.420. The summed E-state index contributed by atoms with van der Waals surface area (Å²) in [5, 5.41) is 12.3. The van der Waals surface area contributed by atoms with Crippen LogP contribution in [0.3, 0.4) is 0 Å². The molecule has 0 saturated carbocycles. The quantitative estimate of drug-likeness (QED) is 0.889. The number of aliphatic hydroxyl groups excluding tert-OH is 1. The molecule has 1 aromatic rings. The minimum atomic E-state index is -0.353. The molecule has 0 bridgehead atoms. The molecule has 1 saturated heterocycles. The first-order chi connectivity index (χ1) is 8.66. The van der Waals surface area contributed by atoms with Gasteiger partial charge >= 0.3 is 0 Å². The molecule has 1 fully saturated rings. The van der Waals surface area contributed by atoms with Crippen LogP contribution >= 0.6 is 11.3 Å². The van der Waals surface area contributed by atoms with Crippen molar-refractivity contribution in [3.8, 4) is 0 Å². The second-order valence-electron chi connectivity index (χ2n) is 5.18. The Morgan fingerprint density at radius 1 is 1.56 bits per heavy atom. The van der Waals surface area contributed by atoms with Crippen molar-refractivity contribution < 1.29 is 9.84 Å². The molecule has 0 amide bonds. The topological polar surface area (TPSA) is 32.7 Å². The van der Waals surface area contributed by atoms with Crippen LogP contribution in [0.1, 0.15) is 25.1 Å². The molecular weight excluding hydrogens is 246 g/mol. The monoisotopic (exact) mass is 269 g/mol. The summed E-state index contributed by atoms with van der Waals surface area (Å²) in [6, 6.07) is 4.71. The average molecular weight is 269 g/mol. The first-order valence-corrected chi connectivity index (χ1v) is 7.61. The Morgan fingerprint density at radius 2 is 2.39 bits per heavy atom. The lowest BCUT2D eigenvalue weighted by Crippen LogP contribution is -2.50. The van der Waals surface area contributed by atoms with Gasteiger partial charge in [-0.25, -0.2) is 0 Å². The van der Waals surface area contributed by atoms with Crippen molar-refractivity contribution in [2.24, 2.45) is 0 Å². The van der Waals surface area contributed by atoms with Gasteiger partial charge in [0.05, 0.1) is 18.8 Å². The first kappa shape index (κ1) is 14.0. The molecule has 1 N–H and O–H groups in total. The number of hydrogen-bond acceptors (Lipinski definition) is 4. The standard InChI is InChI=1S/C14H23NO2S/c1-11(2)15-7-8-17-14(10-15)13(16)6-5-12-4-3-9-18-12/h3-4,9,11,13-14,16H,5-8,10H2,1-2H3. The van der Waals surface area contributed by atoms with Crippen LogP contribution in [0.15, 0.2) is 17.5 Å². The molecule has 2 atom stereocenters. The Balaban J connectivity index is 1.79. The van der Waals surface area contributed by atoms with E-state index >= 15 is 0 Å². The van der Waals surface area contributed by atoms with E-state index in [0.29, 0.717) is 6.04 Å². The Kier molecular flexibility index (Phi) is 5.18. The fraction of sp³-hybridized carbons (Fsp3) is 0.714. The predicted molar refractivity (Wildman–Crippen MR) is 75.1 cm³/mol. The fourth-order valence-electron chi connectivity index (χ4n) is 2.33. The number of ether oxygens (including phenoxy) is 1. The molecule has 0 aromatic carbocycles. The van der Waals surface area contributed by atoms with Crippen molar-refractivity contribution in [1.82, 2.24) is 4.90 Å². The van der Waals surface area contributed by atoms with Crippen molar-refractivity contribution in [3.05, 3.63) is 22.4 Å². The van der Waals surface area contributed by atoms with E-state index in [9.17, 15) is 5.11 Å². The normalized spacial score (nSPS) is 23.4. The highest BCUT2D eigenvalue weighted by Gasteiger charge is 2.27. The summed E-state index contributed by atoms with van der Waals surface area (Å²) >= 11 is 1.75. The Bertz CT molecular complexity index is 340. The molecule has 1 aliphatic heterocycles. The van der Waals surface area contributed by atoms with E-state index in [-0.39, 0.29) is 12.2 Å². The maximum Gasteiger partial charge on any atom is 0.0961 e. The summed E-state index contributed by atoms with van der Waals surface area (Å²) in [7, 11) is 0. The van der Waals surface area contributed by atoms with Gasteiger partial charge in [0, 0.05) is 24.0 Å². The van der Waals surface area contributed by atoms with Crippen LogP contribution in [0.4, 0.5) is 0 Å². The average Bonchev–Trinajstić information content (AvgIpc) is 2.89. The van der Waals surface area contributed by atoms with E-state index in [1.54, 1.807) is 11.3 Å². The molecule has 2 unspecified atom stereocenters. The summed E-state index contributed by atoms with van der Waals surface area (Å²) in [6.45, 7) is 6.95. The van der Waals surface area contributed by atoms with Crippen LogP contribution in [0, 0.1) is 0 Å². The number of hydrogen-bond donors (Lipinski definition) is 1. The lowest BCUT2D eigenvalue weighted by atomic mass is 10.1. The molecule has 4 heteroatoms. The third-order valence-corrected chi connectivity index (χ3v) is 4.49. The second kappa shape index (κ2) is 6.66. The van der Waals surface area contributed by atoms with Crippen molar-refractivity contribution in [3.63, 3.8) is 0 Å². The van der Waals surface area contributed by atoms with Gasteiger partial charge in [-0.3, -0.25) is 4.90 Å². The number of thiophene rings is 1. The number of aryl methyl sites for hydroxylation is 1. The zero-order valence-electron chi connectivity index (χ0n) is 11.2. The summed E-state index contributed by atoms with van der Waals surface area (Å²) in [6.07, 6.45) is 1.35. The highest BCUT2D eigenvalue weighted by Crippen LogP contribution is 2.17. The van der Waals surface area contributed by atoms with Crippen molar-refractivity contribution >= 4 is 11.3 Å². The molecule has 102 valence electrons. The SMILES string of the molecule is CC(C)N1CCOC(C(O)CCc2cccs2)C1. The lowest BCUT2D eigenvalue weighted by Gasteiger charge is -2.37. The zero-order valence-corrected chi connectivity index (χ0v) is 12.0. The van der Waals surface area contributed by atoms with E-state index in [1.807, 2.05) is 0 Å². The third-order valence-electron chi connectivity index (χ3n) is 3.55. The van der Waals surface area contributed by atoms with Gasteiger partial charge in [-0.05, 0) is 38.1 Å². The van der Waals surface area contributed by atoms with E-state index in [2.05, 4.69) is 36.3 Å². The number of rotatable bonds is 5. The molecule has 1 aromatic heterocycles. The number of morpholine rings is 1. The van der Waals surface area contributed by atoms with Crippen LogP contribution in [0.25, 0.3) is 0 Å². The van der Waals surface area contributed by atoms with Gasteiger partial charge < -0.3 is 9.84 Å². The summed E-state index contributed by atoms with van der Waals surface area (Å²) in [5.74, 6) is 0. The molecule has 0 radical (unpaired) electrons. The molecule has 0 aliphatic carbocycles. The van der Waals surface area contributed by atoms with Crippen molar-refractivity contribution in [2.45, 2.75) is 44.9 Å². The molecule has 0 spiro atoms. The van der Waals surface area contributed by atoms with E-state index in [1.165, 1.54) is 4.88 Å². The van der Waals surface area contributed by atoms with Crippen LogP contribution in [0.5, 0.6) is 0 Å². The van der Waals surface area contributed by atoms with Crippen molar-refractivity contribution in [2.75, 3.05) is 19.7 Å². The molecule has 2 heterocycles. The van der Waals surface area contributed by atoms with Crippen LogP contribution in [-0.2, 0) is 11.2 Å². The largest absolute Gasteiger partial charge is 0.390 e. The van der Waals surface area contributed by atoms with Crippen LogP contribution in [-0.4, -0.2) is 48.0 Å². The van der Waals surface area contributed by atoms with Gasteiger partial charge in [0.1, 0.15) is 0 Å². The number of nitrogens with zero attached hydrogens (tertiary/aromatic N) is 1. The van der Waals surface area contributed by atoms with Crippen LogP contribution in [0.2, 0.25) is 0 Å². The number of aliphatic hydroxyl groups is 1. The highest BCUT2D eigenvalue weighted by molar-refractivity contribution is 7.09. The lowest BCUT2D eigenvalue weighted by molar-refractivity contribution is -0.0961. The second-order valence-corrected chi connectivity index (χ2v) is 6.22. The minimum absolute atomic E-state index is 0.0267. The zero-order chi connectivity index (χ0) is 13.0. The van der Waals surface area contributed by atoms with Gasteiger partial charge in [-0.2, -0.15) is 0 Å². The highest BCUT2D eigenvalue weighted by atomic mass is 32.1. The van der Waals surface area contributed by atoms with Gasteiger partial charge in [-0.15, -0.1) is 11.3 Å². The third kappa shape index (κ3) is 3.79. The van der Waals surface area contributed by atoms with Crippen LogP contribution < -0.4 is 0 Å². The van der Waals surface area contributed by atoms with E-state index < -0.39 is 0 Å². The van der Waals surface area contributed by atoms with E-state index in [0.717, 1.165) is 32.5 Å². The predicted octanol–water partition coefficient (Wildman–Crippen LogP) is 2.15. The Morgan fingerprint density at radius 3 is 3.06 bits per heavy atom. The van der Waals surface area contributed by atoms with Gasteiger partial charge in [0.2, 0.25) is 0 Å². The van der Waals surface area contributed by atoms with Gasteiger partial charge in [-0.1, -0.05) is 6.07 Å². The maximum absolute atomic E-state index is 10.2. The molecule has 1 aliphatic rings. The smallest absolute Gasteiger partial charge is 0.0961 e. The summed E-state index contributed by atoms with van der Waals surface area (Å²) in [4.78, 5) is 3.72. The first-order valence-electron chi connectivity index (χ1n) is 6.73. The van der Waals surface area contributed by atoms with Crippen molar-refractivity contribution in [1.29, 1.82) is 0 Å². The van der Waals surface area contributed by atoms with Gasteiger partial charge in [0.25, 0.3) is 0 Å². The van der Waals surface area contributed by atoms with E-state index in [4.69, 9.17) is 4.74 Å². The summed E-state index contributed by atoms with van der Waals surface area (Å²) < 4.78 is 5.70.